The molecule has 0 unspecified atom stereocenters. The van der Waals surface area contributed by atoms with Gasteiger partial charge in [-0.1, -0.05) is 29.3 Å². The number of thiazole rings is 1. The Labute approximate surface area is 153 Å². The van der Waals surface area contributed by atoms with E-state index in [0.717, 1.165) is 11.1 Å². The number of aromatic nitrogens is 1. The molecule has 4 nitrogen and oxygen atoms in total. The van der Waals surface area contributed by atoms with Gasteiger partial charge in [0, 0.05) is 16.5 Å². The highest BCUT2D eigenvalue weighted by Gasteiger charge is 2.15. The molecule has 0 saturated heterocycles. The second kappa shape index (κ2) is 7.61. The van der Waals surface area contributed by atoms with Crippen molar-refractivity contribution >= 4 is 22.4 Å². The number of aryl methyl sites for hydroxylation is 2. The minimum atomic E-state index is -2.92. The number of amides is 1. The lowest BCUT2D eigenvalue weighted by molar-refractivity contribution is -0.0494. The predicted octanol–water partition coefficient (Wildman–Crippen LogP) is 5.28. The van der Waals surface area contributed by atoms with Crippen LogP contribution in [0.15, 0.2) is 47.8 Å². The van der Waals surface area contributed by atoms with Crippen LogP contribution in [-0.4, -0.2) is 17.5 Å². The Morgan fingerprint density at radius 3 is 2.54 bits per heavy atom. The van der Waals surface area contributed by atoms with Crippen LogP contribution < -0.4 is 10.1 Å². The lowest BCUT2D eigenvalue weighted by Gasteiger charge is -2.08. The highest BCUT2D eigenvalue weighted by atomic mass is 32.1. The second-order valence-corrected chi connectivity index (χ2v) is 6.60. The maximum atomic E-state index is 12.5. The van der Waals surface area contributed by atoms with Crippen LogP contribution in [0.1, 0.15) is 21.5 Å². The van der Waals surface area contributed by atoms with Crippen molar-refractivity contribution < 1.29 is 18.3 Å². The van der Waals surface area contributed by atoms with E-state index in [-0.39, 0.29) is 11.7 Å². The molecule has 0 fully saturated rings. The van der Waals surface area contributed by atoms with Gasteiger partial charge in [-0.2, -0.15) is 8.78 Å². The van der Waals surface area contributed by atoms with E-state index in [0.29, 0.717) is 22.0 Å². The Kier molecular flexibility index (Phi) is 5.27. The topological polar surface area (TPSA) is 51.2 Å². The minimum absolute atomic E-state index is 0.0417. The molecule has 3 aromatic rings. The zero-order valence-corrected chi connectivity index (χ0v) is 14.9. The van der Waals surface area contributed by atoms with Crippen LogP contribution in [-0.2, 0) is 0 Å². The quantitative estimate of drug-likeness (QED) is 0.661. The number of ether oxygens (including phenoxy) is 1. The summed E-state index contributed by atoms with van der Waals surface area (Å²) in [5.41, 5.74) is 3.43. The normalized spacial score (nSPS) is 10.8. The molecule has 1 aromatic heterocycles. The number of carbonyl (C=O) groups excluding carboxylic acids is 1. The molecule has 26 heavy (non-hydrogen) atoms. The number of hydrogen-bond donors (Lipinski definition) is 1. The number of nitrogens with zero attached hydrogens (tertiary/aromatic N) is 1. The molecule has 0 radical (unpaired) electrons. The fourth-order valence-electron chi connectivity index (χ4n) is 2.61. The summed E-state index contributed by atoms with van der Waals surface area (Å²) in [6, 6.07) is 12.0. The molecule has 7 heteroatoms. The number of anilines is 1. The molecule has 134 valence electrons. The molecule has 0 saturated carbocycles. The summed E-state index contributed by atoms with van der Waals surface area (Å²) in [5, 5.41) is 4.81. The van der Waals surface area contributed by atoms with Crippen molar-refractivity contribution in [3.63, 3.8) is 0 Å². The second-order valence-electron chi connectivity index (χ2n) is 5.74. The Bertz CT molecular complexity index is 921. The van der Waals surface area contributed by atoms with E-state index in [1.807, 2.05) is 19.9 Å². The summed E-state index contributed by atoms with van der Waals surface area (Å²) < 4.78 is 29.6. The standard InChI is InChI=1S/C19H16F2N2O2S/c1-11-7-12(2)9-13(8-11)17(24)23-19-22-15(10-26-19)14-5-3-4-6-16(14)25-18(20)21/h3-10,18H,1-2H3,(H,22,23,24). The molecule has 0 atom stereocenters. The predicted molar refractivity (Wildman–Crippen MR) is 98.1 cm³/mol. The molecule has 0 spiro atoms. The van der Waals surface area contributed by atoms with Crippen LogP contribution in [0.3, 0.4) is 0 Å². The number of hydrogen-bond acceptors (Lipinski definition) is 4. The highest BCUT2D eigenvalue weighted by molar-refractivity contribution is 7.14. The number of carbonyl (C=O) groups is 1. The van der Waals surface area contributed by atoms with Crippen molar-refractivity contribution in [3.8, 4) is 17.0 Å². The van der Waals surface area contributed by atoms with Gasteiger partial charge in [0.15, 0.2) is 5.13 Å². The first-order chi connectivity index (χ1) is 12.4. The molecule has 1 heterocycles. The maximum absolute atomic E-state index is 12.5. The number of benzene rings is 2. The van der Waals surface area contributed by atoms with Crippen LogP contribution >= 0.6 is 11.3 Å². The summed E-state index contributed by atoms with van der Waals surface area (Å²) >= 11 is 1.22. The number of nitrogens with one attached hydrogen (secondary N) is 1. The summed E-state index contributed by atoms with van der Waals surface area (Å²) in [7, 11) is 0. The monoisotopic (exact) mass is 374 g/mol. The zero-order chi connectivity index (χ0) is 18.7. The third kappa shape index (κ3) is 4.23. The Balaban J connectivity index is 1.81. The van der Waals surface area contributed by atoms with Gasteiger partial charge >= 0.3 is 6.61 Å². The van der Waals surface area contributed by atoms with E-state index in [2.05, 4.69) is 15.0 Å². The van der Waals surface area contributed by atoms with Crippen molar-refractivity contribution in [2.45, 2.75) is 20.5 Å². The Morgan fingerprint density at radius 1 is 1.15 bits per heavy atom. The smallest absolute Gasteiger partial charge is 0.387 e. The Morgan fingerprint density at radius 2 is 1.85 bits per heavy atom. The summed E-state index contributed by atoms with van der Waals surface area (Å²) in [5.74, 6) is -0.227. The van der Waals surface area contributed by atoms with Crippen molar-refractivity contribution in [2.75, 3.05) is 5.32 Å². The van der Waals surface area contributed by atoms with Crippen LogP contribution in [0.25, 0.3) is 11.3 Å². The van der Waals surface area contributed by atoms with Crippen molar-refractivity contribution in [3.05, 3.63) is 64.5 Å². The lowest BCUT2D eigenvalue weighted by atomic mass is 10.1. The molecular formula is C19H16F2N2O2S. The van der Waals surface area contributed by atoms with Crippen LogP contribution in [0.2, 0.25) is 0 Å². The van der Waals surface area contributed by atoms with Crippen molar-refractivity contribution in [2.24, 2.45) is 0 Å². The largest absolute Gasteiger partial charge is 0.434 e. The van der Waals surface area contributed by atoms with E-state index in [1.54, 1.807) is 35.7 Å². The van der Waals surface area contributed by atoms with Gasteiger partial charge in [-0.3, -0.25) is 10.1 Å². The fraction of sp³-hybridized carbons (Fsp3) is 0.158. The van der Waals surface area contributed by atoms with Gasteiger partial charge in [-0.15, -0.1) is 11.3 Å². The summed E-state index contributed by atoms with van der Waals surface area (Å²) in [6.07, 6.45) is 0. The molecule has 3 rings (SSSR count). The van der Waals surface area contributed by atoms with Crippen LogP contribution in [0, 0.1) is 13.8 Å². The van der Waals surface area contributed by atoms with Gasteiger partial charge in [0.05, 0.1) is 5.69 Å². The average Bonchev–Trinajstić information content (AvgIpc) is 3.02. The van der Waals surface area contributed by atoms with Gasteiger partial charge in [-0.05, 0) is 38.1 Å². The van der Waals surface area contributed by atoms with Gasteiger partial charge in [0.2, 0.25) is 0 Å². The highest BCUT2D eigenvalue weighted by Crippen LogP contribution is 2.33. The molecule has 0 aliphatic heterocycles. The van der Waals surface area contributed by atoms with E-state index in [4.69, 9.17) is 0 Å². The molecule has 0 aliphatic rings. The van der Waals surface area contributed by atoms with Crippen molar-refractivity contribution in [1.29, 1.82) is 0 Å². The van der Waals surface area contributed by atoms with Gasteiger partial charge in [-0.25, -0.2) is 4.98 Å². The van der Waals surface area contributed by atoms with Gasteiger partial charge in [0.1, 0.15) is 5.75 Å². The van der Waals surface area contributed by atoms with Gasteiger partial charge < -0.3 is 4.74 Å². The van der Waals surface area contributed by atoms with Gasteiger partial charge in [0.25, 0.3) is 5.91 Å². The van der Waals surface area contributed by atoms with Crippen molar-refractivity contribution in [1.82, 2.24) is 4.98 Å². The average molecular weight is 374 g/mol. The number of alkyl halides is 2. The molecule has 0 aliphatic carbocycles. The SMILES string of the molecule is Cc1cc(C)cc(C(=O)Nc2nc(-c3ccccc3OC(F)F)cs2)c1. The maximum Gasteiger partial charge on any atom is 0.387 e. The first-order valence-electron chi connectivity index (χ1n) is 7.82. The molecule has 0 bridgehead atoms. The van der Waals surface area contributed by atoms with E-state index in [1.165, 1.54) is 17.4 Å². The number of para-hydroxylation sites is 1. The molecule has 1 N–H and O–H groups in total. The van der Waals surface area contributed by atoms with Crippen LogP contribution in [0.4, 0.5) is 13.9 Å². The summed E-state index contributed by atoms with van der Waals surface area (Å²) in [4.78, 5) is 16.7. The first-order valence-corrected chi connectivity index (χ1v) is 8.70. The fourth-order valence-corrected chi connectivity index (χ4v) is 3.31. The minimum Gasteiger partial charge on any atom is -0.434 e. The van der Waals surface area contributed by atoms with E-state index in [9.17, 15) is 13.6 Å². The third-order valence-electron chi connectivity index (χ3n) is 3.59. The lowest BCUT2D eigenvalue weighted by Crippen LogP contribution is -2.12. The van der Waals surface area contributed by atoms with Crippen LogP contribution in [0.5, 0.6) is 5.75 Å². The number of rotatable bonds is 5. The molecular weight excluding hydrogens is 358 g/mol. The summed E-state index contributed by atoms with van der Waals surface area (Å²) in [6.45, 7) is 0.926. The zero-order valence-electron chi connectivity index (χ0n) is 14.1. The van der Waals surface area contributed by atoms with E-state index < -0.39 is 6.61 Å². The molecule has 2 aromatic carbocycles. The Hall–Kier alpha value is -2.80. The van der Waals surface area contributed by atoms with E-state index >= 15 is 0 Å². The number of halogens is 2. The molecule has 1 amide bonds. The third-order valence-corrected chi connectivity index (χ3v) is 4.35. The first kappa shape index (κ1) is 18.0.